The number of hydrogen-bond acceptors (Lipinski definition) is 3. The number of nitrogens with zero attached hydrogens (tertiary/aromatic N) is 1. The molecule has 0 saturated carbocycles. The first-order valence-corrected chi connectivity index (χ1v) is 9.85. The van der Waals surface area contributed by atoms with Crippen LogP contribution in [0, 0.1) is 0 Å². The maximum atomic E-state index is 12.2. The number of rotatable bonds is 8. The second-order valence-corrected chi connectivity index (χ2v) is 7.50. The Kier molecular flexibility index (Phi) is 8.70. The van der Waals surface area contributed by atoms with Gasteiger partial charge in [-0.15, -0.1) is 0 Å². The molecule has 0 aromatic heterocycles. The summed E-state index contributed by atoms with van der Waals surface area (Å²) in [6, 6.07) is 10.00. The number of nitrogens with one attached hydrogen (secondary N) is 1. The Bertz CT molecular complexity index is 841. The maximum Gasteiger partial charge on any atom is 0.244 e. The SMILES string of the molecule is CN(CC(=O)Nc1c(Cl)cccc1Cl)C(=O)CCCOc1cccc(Cl)c1Cl. The van der Waals surface area contributed by atoms with E-state index in [1.165, 1.54) is 4.90 Å². The van der Waals surface area contributed by atoms with Crippen molar-refractivity contribution in [1.29, 1.82) is 0 Å². The Morgan fingerprint density at radius 2 is 1.61 bits per heavy atom. The minimum Gasteiger partial charge on any atom is -0.492 e. The van der Waals surface area contributed by atoms with E-state index in [0.717, 1.165) is 0 Å². The lowest BCUT2D eigenvalue weighted by Crippen LogP contribution is -2.35. The van der Waals surface area contributed by atoms with E-state index in [2.05, 4.69) is 5.32 Å². The first-order valence-electron chi connectivity index (χ1n) is 8.34. The van der Waals surface area contributed by atoms with E-state index in [4.69, 9.17) is 51.1 Å². The van der Waals surface area contributed by atoms with E-state index < -0.39 is 5.91 Å². The summed E-state index contributed by atoms with van der Waals surface area (Å²) < 4.78 is 5.54. The van der Waals surface area contributed by atoms with Gasteiger partial charge < -0.3 is 15.0 Å². The largest absolute Gasteiger partial charge is 0.492 e. The van der Waals surface area contributed by atoms with Gasteiger partial charge in [0.05, 0.1) is 33.9 Å². The molecule has 0 aliphatic heterocycles. The lowest BCUT2D eigenvalue weighted by Gasteiger charge is -2.17. The normalized spacial score (nSPS) is 10.5. The molecule has 5 nitrogen and oxygen atoms in total. The molecule has 0 spiro atoms. The van der Waals surface area contributed by atoms with Crippen LogP contribution in [0.3, 0.4) is 0 Å². The average molecular weight is 464 g/mol. The highest BCUT2D eigenvalue weighted by atomic mass is 35.5. The highest BCUT2D eigenvalue weighted by Gasteiger charge is 2.15. The monoisotopic (exact) mass is 462 g/mol. The molecule has 2 rings (SSSR count). The van der Waals surface area contributed by atoms with Gasteiger partial charge in [-0.2, -0.15) is 0 Å². The molecule has 0 aliphatic rings. The molecular formula is C19H18Cl4N2O3. The van der Waals surface area contributed by atoms with Gasteiger partial charge in [-0.25, -0.2) is 0 Å². The van der Waals surface area contributed by atoms with E-state index in [1.807, 2.05) is 0 Å². The van der Waals surface area contributed by atoms with Crippen molar-refractivity contribution in [2.75, 3.05) is 25.5 Å². The molecule has 0 unspecified atom stereocenters. The van der Waals surface area contributed by atoms with Crippen molar-refractivity contribution in [3.8, 4) is 5.75 Å². The van der Waals surface area contributed by atoms with Crippen molar-refractivity contribution >= 4 is 63.9 Å². The second kappa shape index (κ2) is 10.8. The third kappa shape index (κ3) is 6.45. The van der Waals surface area contributed by atoms with Gasteiger partial charge in [0.2, 0.25) is 11.8 Å². The molecule has 0 heterocycles. The van der Waals surface area contributed by atoms with Crippen molar-refractivity contribution in [3.63, 3.8) is 0 Å². The van der Waals surface area contributed by atoms with E-state index in [9.17, 15) is 9.59 Å². The smallest absolute Gasteiger partial charge is 0.244 e. The first kappa shape index (κ1) is 22.6. The zero-order valence-corrected chi connectivity index (χ0v) is 18.0. The number of anilines is 1. The van der Waals surface area contributed by atoms with Crippen LogP contribution in [-0.4, -0.2) is 36.9 Å². The number of benzene rings is 2. The number of ether oxygens (including phenoxy) is 1. The molecule has 0 radical (unpaired) electrons. The Morgan fingerprint density at radius 1 is 1.00 bits per heavy atom. The van der Waals surface area contributed by atoms with Gasteiger partial charge in [0.15, 0.2) is 0 Å². The Labute approximate surface area is 183 Å². The molecule has 2 aromatic carbocycles. The summed E-state index contributed by atoms with van der Waals surface area (Å²) in [7, 11) is 1.55. The van der Waals surface area contributed by atoms with Crippen LogP contribution in [0.5, 0.6) is 5.75 Å². The minimum atomic E-state index is -0.396. The summed E-state index contributed by atoms with van der Waals surface area (Å²) in [6.07, 6.45) is 0.679. The van der Waals surface area contributed by atoms with Crippen LogP contribution < -0.4 is 10.1 Å². The summed E-state index contributed by atoms with van der Waals surface area (Å²) in [5, 5.41) is 4.01. The number of amides is 2. The van der Waals surface area contributed by atoms with Crippen LogP contribution in [0.15, 0.2) is 36.4 Å². The summed E-state index contributed by atoms with van der Waals surface area (Å²) in [4.78, 5) is 25.7. The Morgan fingerprint density at radius 3 is 2.29 bits per heavy atom. The molecule has 28 heavy (non-hydrogen) atoms. The zero-order valence-electron chi connectivity index (χ0n) is 15.0. The molecule has 0 bridgehead atoms. The summed E-state index contributed by atoms with van der Waals surface area (Å²) in [5.41, 5.74) is 0.323. The molecule has 1 N–H and O–H groups in total. The number of hydrogen-bond donors (Lipinski definition) is 1. The molecule has 9 heteroatoms. The lowest BCUT2D eigenvalue weighted by molar-refractivity contribution is -0.133. The molecule has 2 aromatic rings. The van der Waals surface area contributed by atoms with Gasteiger partial charge in [0.1, 0.15) is 10.8 Å². The Hall–Kier alpha value is -1.66. The highest BCUT2D eigenvalue weighted by molar-refractivity contribution is 6.43. The minimum absolute atomic E-state index is 0.124. The van der Waals surface area contributed by atoms with E-state index in [-0.39, 0.29) is 18.9 Å². The highest BCUT2D eigenvalue weighted by Crippen LogP contribution is 2.31. The molecule has 0 fully saturated rings. The third-order valence-corrected chi connectivity index (χ3v) is 5.17. The zero-order chi connectivity index (χ0) is 20.7. The van der Waals surface area contributed by atoms with Crippen molar-refractivity contribution in [3.05, 3.63) is 56.5 Å². The number of likely N-dealkylation sites (N-methyl/N-ethyl adjacent to an activating group) is 1. The van der Waals surface area contributed by atoms with Crippen LogP contribution >= 0.6 is 46.4 Å². The van der Waals surface area contributed by atoms with E-state index in [0.29, 0.717) is 44.6 Å². The topological polar surface area (TPSA) is 58.6 Å². The maximum absolute atomic E-state index is 12.2. The van der Waals surface area contributed by atoms with Crippen molar-refractivity contribution in [2.24, 2.45) is 0 Å². The number of halogens is 4. The van der Waals surface area contributed by atoms with Crippen molar-refractivity contribution in [1.82, 2.24) is 4.90 Å². The quantitative estimate of drug-likeness (QED) is 0.521. The number of para-hydroxylation sites is 1. The third-order valence-electron chi connectivity index (χ3n) is 3.74. The average Bonchev–Trinajstić information content (AvgIpc) is 2.65. The fourth-order valence-corrected chi connectivity index (χ4v) is 3.13. The summed E-state index contributed by atoms with van der Waals surface area (Å²) in [5.74, 6) is -0.125. The van der Waals surface area contributed by atoms with E-state index in [1.54, 1.807) is 43.4 Å². The van der Waals surface area contributed by atoms with Crippen LogP contribution in [0.2, 0.25) is 20.1 Å². The molecule has 0 saturated heterocycles. The molecule has 0 aliphatic carbocycles. The predicted molar refractivity (Wildman–Crippen MR) is 114 cm³/mol. The molecular weight excluding hydrogens is 446 g/mol. The second-order valence-electron chi connectivity index (χ2n) is 5.90. The van der Waals surface area contributed by atoms with Crippen molar-refractivity contribution < 1.29 is 14.3 Å². The molecule has 2 amide bonds. The van der Waals surface area contributed by atoms with Gasteiger partial charge >= 0.3 is 0 Å². The van der Waals surface area contributed by atoms with Gasteiger partial charge in [-0.3, -0.25) is 9.59 Å². The summed E-state index contributed by atoms with van der Waals surface area (Å²) >= 11 is 24.0. The van der Waals surface area contributed by atoms with Crippen LogP contribution in [0.4, 0.5) is 5.69 Å². The predicted octanol–water partition coefficient (Wildman–Crippen LogP) is 5.56. The van der Waals surface area contributed by atoms with Crippen LogP contribution in [0.25, 0.3) is 0 Å². The van der Waals surface area contributed by atoms with E-state index >= 15 is 0 Å². The number of carbonyl (C=O) groups excluding carboxylic acids is 2. The van der Waals surface area contributed by atoms with Crippen LogP contribution in [-0.2, 0) is 9.59 Å². The van der Waals surface area contributed by atoms with Gasteiger partial charge in [0, 0.05) is 13.5 Å². The van der Waals surface area contributed by atoms with Gasteiger partial charge in [0.25, 0.3) is 0 Å². The van der Waals surface area contributed by atoms with Gasteiger partial charge in [-0.05, 0) is 30.7 Å². The fourth-order valence-electron chi connectivity index (χ4n) is 2.29. The number of carbonyl (C=O) groups is 2. The Balaban J connectivity index is 1.76. The molecule has 150 valence electrons. The molecule has 0 atom stereocenters. The first-order chi connectivity index (χ1) is 13.3. The van der Waals surface area contributed by atoms with Crippen molar-refractivity contribution in [2.45, 2.75) is 12.8 Å². The summed E-state index contributed by atoms with van der Waals surface area (Å²) in [6.45, 7) is 0.169. The van der Waals surface area contributed by atoms with Crippen LogP contribution in [0.1, 0.15) is 12.8 Å². The van der Waals surface area contributed by atoms with Gasteiger partial charge in [-0.1, -0.05) is 58.5 Å². The fraction of sp³-hybridized carbons (Fsp3) is 0.263. The standard InChI is InChI=1S/C19H18Cl4N2O3/c1-25(11-16(26)24-19-13(21)6-2-7-14(19)22)17(27)9-4-10-28-15-8-3-5-12(20)18(15)23/h2-3,5-8H,4,9-11H2,1H3,(H,24,26). The lowest BCUT2D eigenvalue weighted by atomic mass is 10.3.